The Morgan fingerprint density at radius 2 is 1.46 bits per heavy atom. The number of ether oxygens (including phenoxy) is 2. The molecule has 2 aromatic carbocycles. The minimum absolute atomic E-state index is 0.173. The van der Waals surface area contributed by atoms with Crippen molar-refractivity contribution in [1.29, 1.82) is 0 Å². The molecular formula is C22H32O3Si. The first-order chi connectivity index (χ1) is 12.1. The summed E-state index contributed by atoms with van der Waals surface area (Å²) in [6.07, 6.45) is 0. The average molecular weight is 373 g/mol. The Labute approximate surface area is 159 Å². The van der Waals surface area contributed by atoms with E-state index in [1.807, 2.05) is 6.07 Å². The van der Waals surface area contributed by atoms with Crippen LogP contribution in [-0.2, 0) is 11.0 Å². The fourth-order valence-corrected chi connectivity index (χ4v) is 3.46. The van der Waals surface area contributed by atoms with E-state index < -0.39 is 8.32 Å². The van der Waals surface area contributed by atoms with Gasteiger partial charge in [0.1, 0.15) is 11.5 Å². The molecular weight excluding hydrogens is 340 g/mol. The van der Waals surface area contributed by atoms with E-state index >= 15 is 0 Å². The van der Waals surface area contributed by atoms with E-state index in [9.17, 15) is 0 Å². The Hall–Kier alpha value is -1.78. The molecule has 0 aliphatic carbocycles. The van der Waals surface area contributed by atoms with Crippen LogP contribution in [0.2, 0.25) is 18.1 Å². The molecule has 0 radical (unpaired) electrons. The first kappa shape index (κ1) is 20.5. The average Bonchev–Trinajstić information content (AvgIpc) is 2.59. The first-order valence-corrected chi connectivity index (χ1v) is 12.0. The second kappa shape index (κ2) is 7.85. The number of aryl methyl sites for hydroxylation is 1. The molecule has 142 valence electrons. The maximum absolute atomic E-state index is 6.42. The number of hydrogen-bond donors (Lipinski definition) is 0. The highest BCUT2D eigenvalue weighted by atomic mass is 28.4. The van der Waals surface area contributed by atoms with Crippen LogP contribution in [0, 0.1) is 6.92 Å². The Balaban J connectivity index is 2.42. The summed E-state index contributed by atoms with van der Waals surface area (Å²) in [4.78, 5) is 0. The zero-order valence-electron chi connectivity index (χ0n) is 17.4. The van der Waals surface area contributed by atoms with Crippen LogP contribution < -0.4 is 9.47 Å². The summed E-state index contributed by atoms with van der Waals surface area (Å²) in [5.41, 5.74) is 4.47. The van der Waals surface area contributed by atoms with Crippen LogP contribution in [-0.4, -0.2) is 22.5 Å². The highest BCUT2D eigenvalue weighted by Crippen LogP contribution is 2.40. The maximum Gasteiger partial charge on any atom is 0.192 e. The van der Waals surface area contributed by atoms with Gasteiger partial charge in [0.05, 0.1) is 20.8 Å². The molecule has 0 saturated heterocycles. The van der Waals surface area contributed by atoms with Crippen LogP contribution in [0.3, 0.4) is 0 Å². The largest absolute Gasteiger partial charge is 0.496 e. The SMILES string of the molecule is COc1cc(OC)c(-c2ccc(C)cc2)cc1CO[Si](C)(C)C(C)(C)C. The molecule has 0 spiro atoms. The van der Waals surface area contributed by atoms with Gasteiger partial charge in [-0.2, -0.15) is 0 Å². The lowest BCUT2D eigenvalue weighted by Gasteiger charge is -2.36. The summed E-state index contributed by atoms with van der Waals surface area (Å²) < 4.78 is 17.6. The lowest BCUT2D eigenvalue weighted by molar-refractivity contribution is 0.269. The Morgan fingerprint density at radius 1 is 0.885 bits per heavy atom. The first-order valence-electron chi connectivity index (χ1n) is 9.05. The molecule has 4 heteroatoms. The monoisotopic (exact) mass is 372 g/mol. The van der Waals surface area contributed by atoms with Gasteiger partial charge in [-0.1, -0.05) is 50.6 Å². The van der Waals surface area contributed by atoms with Gasteiger partial charge in [-0.05, 0) is 36.7 Å². The van der Waals surface area contributed by atoms with Crippen LogP contribution in [0.5, 0.6) is 11.5 Å². The Morgan fingerprint density at radius 3 is 1.96 bits per heavy atom. The zero-order valence-corrected chi connectivity index (χ0v) is 18.4. The Bertz CT molecular complexity index is 743. The van der Waals surface area contributed by atoms with Crippen molar-refractivity contribution in [1.82, 2.24) is 0 Å². The fourth-order valence-electron chi connectivity index (χ4n) is 2.51. The molecule has 0 N–H and O–H groups in total. The van der Waals surface area contributed by atoms with Gasteiger partial charge >= 0.3 is 0 Å². The van der Waals surface area contributed by atoms with Crippen LogP contribution in [0.15, 0.2) is 36.4 Å². The van der Waals surface area contributed by atoms with Gasteiger partial charge in [0, 0.05) is 17.2 Å². The van der Waals surface area contributed by atoms with Gasteiger partial charge in [0.2, 0.25) is 0 Å². The van der Waals surface area contributed by atoms with Crippen molar-refractivity contribution in [2.24, 2.45) is 0 Å². The van der Waals surface area contributed by atoms with Gasteiger partial charge in [-0.3, -0.25) is 0 Å². The number of rotatable bonds is 6. The van der Waals surface area contributed by atoms with E-state index in [1.165, 1.54) is 5.56 Å². The van der Waals surface area contributed by atoms with Gasteiger partial charge in [0.25, 0.3) is 0 Å². The molecule has 26 heavy (non-hydrogen) atoms. The van der Waals surface area contributed by atoms with Crippen molar-refractivity contribution in [3.05, 3.63) is 47.5 Å². The highest BCUT2D eigenvalue weighted by Gasteiger charge is 2.37. The van der Waals surface area contributed by atoms with Crippen LogP contribution in [0.1, 0.15) is 31.9 Å². The molecule has 0 unspecified atom stereocenters. The Kier molecular flexibility index (Phi) is 6.19. The quantitative estimate of drug-likeness (QED) is 0.565. The van der Waals surface area contributed by atoms with Crippen LogP contribution in [0.25, 0.3) is 11.1 Å². The maximum atomic E-state index is 6.42. The van der Waals surface area contributed by atoms with Crippen molar-refractivity contribution >= 4 is 8.32 Å². The summed E-state index contributed by atoms with van der Waals surface area (Å²) in [7, 11) is 1.55. The highest BCUT2D eigenvalue weighted by molar-refractivity contribution is 6.74. The summed E-state index contributed by atoms with van der Waals surface area (Å²) in [6.45, 7) is 13.9. The normalized spacial score (nSPS) is 12.2. The molecule has 0 bridgehead atoms. The van der Waals surface area contributed by atoms with E-state index in [2.05, 4.69) is 71.1 Å². The van der Waals surface area contributed by atoms with E-state index in [1.54, 1.807) is 14.2 Å². The smallest absolute Gasteiger partial charge is 0.192 e. The molecule has 0 aromatic heterocycles. The van der Waals surface area contributed by atoms with Crippen molar-refractivity contribution < 1.29 is 13.9 Å². The molecule has 2 aromatic rings. The molecule has 0 amide bonds. The molecule has 0 heterocycles. The van der Waals surface area contributed by atoms with E-state index in [-0.39, 0.29) is 5.04 Å². The molecule has 2 rings (SSSR count). The summed E-state index contributed by atoms with van der Waals surface area (Å²) in [5, 5.41) is 0.173. The van der Waals surface area contributed by atoms with E-state index in [0.29, 0.717) is 6.61 Å². The van der Waals surface area contributed by atoms with Crippen molar-refractivity contribution in [3.8, 4) is 22.6 Å². The van der Waals surface area contributed by atoms with Crippen molar-refractivity contribution in [3.63, 3.8) is 0 Å². The summed E-state index contributed by atoms with van der Waals surface area (Å²) >= 11 is 0. The minimum Gasteiger partial charge on any atom is -0.496 e. The van der Waals surface area contributed by atoms with Crippen LogP contribution >= 0.6 is 0 Å². The van der Waals surface area contributed by atoms with Crippen molar-refractivity contribution in [2.75, 3.05) is 14.2 Å². The van der Waals surface area contributed by atoms with E-state index in [0.717, 1.165) is 28.2 Å². The second-order valence-corrected chi connectivity index (χ2v) is 13.1. The summed E-state index contributed by atoms with van der Waals surface area (Å²) in [6, 6.07) is 12.6. The lowest BCUT2D eigenvalue weighted by Crippen LogP contribution is -2.40. The zero-order chi connectivity index (χ0) is 19.5. The third kappa shape index (κ3) is 4.49. The predicted octanol–water partition coefficient (Wildman–Crippen LogP) is 6.20. The van der Waals surface area contributed by atoms with Gasteiger partial charge in [-0.25, -0.2) is 0 Å². The molecule has 0 saturated carbocycles. The number of benzene rings is 2. The molecule has 0 fully saturated rings. The van der Waals surface area contributed by atoms with Gasteiger partial charge < -0.3 is 13.9 Å². The molecule has 0 aliphatic rings. The molecule has 0 aliphatic heterocycles. The minimum atomic E-state index is -1.84. The number of hydrogen-bond acceptors (Lipinski definition) is 3. The van der Waals surface area contributed by atoms with Crippen LogP contribution in [0.4, 0.5) is 0 Å². The topological polar surface area (TPSA) is 27.7 Å². The predicted molar refractivity (Wildman–Crippen MR) is 112 cm³/mol. The number of methoxy groups -OCH3 is 2. The molecule has 0 atom stereocenters. The lowest BCUT2D eigenvalue weighted by atomic mass is 10.0. The third-order valence-corrected chi connectivity index (χ3v) is 9.84. The van der Waals surface area contributed by atoms with Gasteiger partial charge in [-0.15, -0.1) is 0 Å². The standard InChI is InChI=1S/C22H32O3Si/c1-16-9-11-17(12-10-16)19-13-18(20(23-5)14-21(19)24-6)15-25-26(7,8)22(2,3)4/h9-14H,15H2,1-8H3. The fraction of sp³-hybridized carbons (Fsp3) is 0.455. The van der Waals surface area contributed by atoms with Crippen molar-refractivity contribution in [2.45, 2.75) is 52.4 Å². The second-order valence-electron chi connectivity index (χ2n) is 8.28. The van der Waals surface area contributed by atoms with Gasteiger partial charge in [0.15, 0.2) is 8.32 Å². The van der Waals surface area contributed by atoms with E-state index in [4.69, 9.17) is 13.9 Å². The molecule has 3 nitrogen and oxygen atoms in total. The third-order valence-electron chi connectivity index (χ3n) is 5.36. The summed E-state index contributed by atoms with van der Waals surface area (Å²) in [5.74, 6) is 1.61.